The zero-order valence-corrected chi connectivity index (χ0v) is 14.6. The van der Waals surface area contributed by atoms with Crippen molar-refractivity contribution in [2.75, 3.05) is 14.2 Å². The Morgan fingerprint density at radius 2 is 1.62 bits per heavy atom. The van der Waals surface area contributed by atoms with Gasteiger partial charge in [0.1, 0.15) is 0 Å². The van der Waals surface area contributed by atoms with Crippen LogP contribution in [0.15, 0.2) is 34.8 Å². The fraction of sp³-hybridized carbons (Fsp3) is 0.200. The molecule has 21 heavy (non-hydrogen) atoms. The van der Waals surface area contributed by atoms with Crippen molar-refractivity contribution < 1.29 is 9.47 Å². The molecule has 3 nitrogen and oxygen atoms in total. The van der Waals surface area contributed by atoms with Crippen LogP contribution < -0.4 is 15.2 Å². The lowest BCUT2D eigenvalue weighted by Gasteiger charge is -2.17. The second kappa shape index (κ2) is 6.88. The maximum absolute atomic E-state index is 6.31. The van der Waals surface area contributed by atoms with Crippen LogP contribution in [0.2, 0.25) is 10.0 Å². The maximum atomic E-state index is 6.31. The first kappa shape index (κ1) is 16.4. The zero-order valence-electron chi connectivity index (χ0n) is 11.5. The Hall–Kier alpha value is -0.940. The molecule has 112 valence electrons. The van der Waals surface area contributed by atoms with E-state index in [9.17, 15) is 0 Å². The lowest BCUT2D eigenvalue weighted by atomic mass is 9.99. The number of hydrogen-bond acceptors (Lipinski definition) is 3. The summed E-state index contributed by atoms with van der Waals surface area (Å²) < 4.78 is 11.3. The van der Waals surface area contributed by atoms with Crippen molar-refractivity contribution in [1.29, 1.82) is 0 Å². The van der Waals surface area contributed by atoms with E-state index in [1.165, 1.54) is 0 Å². The Balaban J connectivity index is 2.47. The summed E-state index contributed by atoms with van der Waals surface area (Å²) in [7, 11) is 3.13. The second-order valence-electron chi connectivity index (χ2n) is 4.38. The summed E-state index contributed by atoms with van der Waals surface area (Å²) in [4.78, 5) is 0. The molecule has 0 amide bonds. The predicted molar refractivity (Wildman–Crippen MR) is 89.7 cm³/mol. The first-order chi connectivity index (χ1) is 9.97. The third kappa shape index (κ3) is 3.46. The molecule has 2 rings (SSSR count). The van der Waals surface area contributed by atoms with Crippen LogP contribution in [0.1, 0.15) is 17.2 Å². The largest absolute Gasteiger partial charge is 0.493 e. The van der Waals surface area contributed by atoms with Crippen LogP contribution in [0.3, 0.4) is 0 Å². The van der Waals surface area contributed by atoms with E-state index in [1.54, 1.807) is 32.4 Å². The maximum Gasteiger partial charge on any atom is 0.162 e. The van der Waals surface area contributed by atoms with Gasteiger partial charge in [-0.15, -0.1) is 0 Å². The number of hydrogen-bond donors (Lipinski definition) is 1. The minimum Gasteiger partial charge on any atom is -0.493 e. The predicted octanol–water partition coefficient (Wildman–Crippen LogP) is 4.82. The van der Waals surface area contributed by atoms with Crippen LogP contribution in [0.5, 0.6) is 11.5 Å². The molecule has 0 saturated carbocycles. The minimum absolute atomic E-state index is 0.397. The van der Waals surface area contributed by atoms with Crippen LogP contribution in [-0.4, -0.2) is 14.2 Å². The van der Waals surface area contributed by atoms with E-state index in [4.69, 9.17) is 38.4 Å². The second-order valence-corrected chi connectivity index (χ2v) is 6.05. The van der Waals surface area contributed by atoms with Crippen LogP contribution in [0.25, 0.3) is 0 Å². The highest BCUT2D eigenvalue weighted by molar-refractivity contribution is 9.10. The van der Waals surface area contributed by atoms with Crippen molar-refractivity contribution in [3.63, 3.8) is 0 Å². The minimum atomic E-state index is -0.397. The molecule has 6 heteroatoms. The SMILES string of the molecule is COc1cc(Cl)c(C(N)c2ccc(Cl)c(Br)c2)cc1OC. The summed E-state index contributed by atoms with van der Waals surface area (Å²) in [5.74, 6) is 1.15. The average molecular weight is 391 g/mol. The van der Waals surface area contributed by atoms with E-state index >= 15 is 0 Å². The summed E-state index contributed by atoms with van der Waals surface area (Å²) in [5.41, 5.74) is 7.95. The Morgan fingerprint density at radius 3 is 2.19 bits per heavy atom. The quantitative estimate of drug-likeness (QED) is 0.813. The molecule has 2 aromatic carbocycles. The first-order valence-electron chi connectivity index (χ1n) is 6.10. The van der Waals surface area contributed by atoms with Gasteiger partial charge in [0.2, 0.25) is 0 Å². The molecule has 2 aromatic rings. The van der Waals surface area contributed by atoms with E-state index in [2.05, 4.69) is 15.9 Å². The molecule has 0 fully saturated rings. The van der Waals surface area contributed by atoms with Crippen molar-refractivity contribution in [1.82, 2.24) is 0 Å². The van der Waals surface area contributed by atoms with Gasteiger partial charge in [-0.2, -0.15) is 0 Å². The van der Waals surface area contributed by atoms with Gasteiger partial charge in [0.05, 0.1) is 25.3 Å². The topological polar surface area (TPSA) is 44.5 Å². The van der Waals surface area contributed by atoms with E-state index in [0.29, 0.717) is 21.5 Å². The van der Waals surface area contributed by atoms with Gasteiger partial charge >= 0.3 is 0 Å². The molecular formula is C15H14BrCl2NO2. The number of nitrogens with two attached hydrogens (primary N) is 1. The normalized spacial score (nSPS) is 12.1. The van der Waals surface area contributed by atoms with Crippen molar-refractivity contribution in [2.24, 2.45) is 5.73 Å². The molecule has 0 radical (unpaired) electrons. The molecule has 1 unspecified atom stereocenters. The van der Waals surface area contributed by atoms with Crippen LogP contribution in [-0.2, 0) is 0 Å². The number of rotatable bonds is 4. The van der Waals surface area contributed by atoms with E-state index in [1.807, 2.05) is 12.1 Å². The lowest BCUT2D eigenvalue weighted by molar-refractivity contribution is 0.354. The summed E-state index contributed by atoms with van der Waals surface area (Å²) in [6, 6.07) is 8.61. The van der Waals surface area contributed by atoms with Crippen LogP contribution in [0, 0.1) is 0 Å². The van der Waals surface area contributed by atoms with Gasteiger partial charge in [0, 0.05) is 15.6 Å². The number of benzene rings is 2. The molecular weight excluding hydrogens is 377 g/mol. The zero-order chi connectivity index (χ0) is 15.6. The van der Waals surface area contributed by atoms with Gasteiger partial charge in [-0.3, -0.25) is 0 Å². The fourth-order valence-electron chi connectivity index (χ4n) is 1.99. The Labute approximate surface area is 142 Å². The summed E-state index contributed by atoms with van der Waals surface area (Å²) >= 11 is 15.7. The van der Waals surface area contributed by atoms with Gasteiger partial charge < -0.3 is 15.2 Å². The average Bonchev–Trinajstić information content (AvgIpc) is 2.49. The molecule has 0 aromatic heterocycles. The number of ether oxygens (including phenoxy) is 2. The first-order valence-corrected chi connectivity index (χ1v) is 7.64. The molecule has 0 saturated heterocycles. The van der Waals surface area contributed by atoms with E-state index in [0.717, 1.165) is 15.6 Å². The molecule has 0 aliphatic heterocycles. The molecule has 0 aliphatic rings. The molecule has 0 aliphatic carbocycles. The standard InChI is InChI=1S/C15H14BrCl2NO2/c1-20-13-6-9(12(18)7-14(13)21-2)15(19)8-3-4-11(17)10(16)5-8/h3-7,15H,19H2,1-2H3. The molecule has 2 N–H and O–H groups in total. The van der Waals surface area contributed by atoms with Crippen LogP contribution in [0.4, 0.5) is 0 Å². The van der Waals surface area contributed by atoms with Gasteiger partial charge in [-0.25, -0.2) is 0 Å². The van der Waals surface area contributed by atoms with Gasteiger partial charge in [0.15, 0.2) is 11.5 Å². The summed E-state index contributed by atoms with van der Waals surface area (Å²) in [6.07, 6.45) is 0. The Morgan fingerprint density at radius 1 is 1.00 bits per heavy atom. The number of halogens is 3. The highest BCUT2D eigenvalue weighted by Crippen LogP contribution is 2.37. The molecule has 0 spiro atoms. The summed E-state index contributed by atoms with van der Waals surface area (Å²) in [5, 5.41) is 1.15. The highest BCUT2D eigenvalue weighted by atomic mass is 79.9. The van der Waals surface area contributed by atoms with Crippen molar-refractivity contribution in [3.05, 3.63) is 56.0 Å². The van der Waals surface area contributed by atoms with E-state index in [-0.39, 0.29) is 0 Å². The lowest BCUT2D eigenvalue weighted by Crippen LogP contribution is -2.13. The molecule has 1 atom stereocenters. The van der Waals surface area contributed by atoms with Gasteiger partial charge in [-0.05, 0) is 45.3 Å². The Kier molecular flexibility index (Phi) is 5.38. The van der Waals surface area contributed by atoms with Gasteiger partial charge in [0.25, 0.3) is 0 Å². The molecule has 0 heterocycles. The van der Waals surface area contributed by atoms with Crippen molar-refractivity contribution in [2.45, 2.75) is 6.04 Å². The van der Waals surface area contributed by atoms with Crippen molar-refractivity contribution in [3.8, 4) is 11.5 Å². The Bertz CT molecular complexity index is 664. The highest BCUT2D eigenvalue weighted by Gasteiger charge is 2.17. The third-order valence-corrected chi connectivity index (χ3v) is 4.68. The van der Waals surface area contributed by atoms with Crippen LogP contribution >= 0.6 is 39.1 Å². The smallest absolute Gasteiger partial charge is 0.162 e. The number of methoxy groups -OCH3 is 2. The van der Waals surface area contributed by atoms with Gasteiger partial charge in [-0.1, -0.05) is 29.3 Å². The fourth-order valence-corrected chi connectivity index (χ4v) is 2.78. The van der Waals surface area contributed by atoms with E-state index < -0.39 is 6.04 Å². The third-order valence-electron chi connectivity index (χ3n) is 3.14. The monoisotopic (exact) mass is 389 g/mol. The van der Waals surface area contributed by atoms with Crippen molar-refractivity contribution >= 4 is 39.1 Å². The summed E-state index contributed by atoms with van der Waals surface area (Å²) in [6.45, 7) is 0. The molecule has 0 bridgehead atoms.